The number of benzene rings is 1. The lowest BCUT2D eigenvalue weighted by Crippen LogP contribution is -2.29. The molecular weight excluding hydrogens is 226 g/mol. The number of rotatable bonds is 1. The maximum atomic E-state index is 12.5. The third kappa shape index (κ3) is 1.68. The van der Waals surface area contributed by atoms with Gasteiger partial charge >= 0.3 is 0 Å². The van der Waals surface area contributed by atoms with E-state index in [4.69, 9.17) is 0 Å². The number of carbonyl (C=O) groups excluding carboxylic acids is 1. The molecule has 1 saturated heterocycles. The van der Waals surface area contributed by atoms with Crippen molar-refractivity contribution in [3.8, 4) is 0 Å². The van der Waals surface area contributed by atoms with E-state index in [2.05, 4.69) is 12.0 Å². The van der Waals surface area contributed by atoms with E-state index in [0.29, 0.717) is 11.6 Å². The first kappa shape index (κ1) is 11.3. The van der Waals surface area contributed by atoms with Crippen LogP contribution in [0.4, 0.5) is 0 Å². The highest BCUT2D eigenvalue weighted by molar-refractivity contribution is 6.04. The van der Waals surface area contributed by atoms with Crippen LogP contribution in [0.5, 0.6) is 0 Å². The first-order valence-electron chi connectivity index (χ1n) is 6.38. The number of hydrogen-bond acceptors (Lipinski definition) is 2. The van der Waals surface area contributed by atoms with Crippen LogP contribution in [0.1, 0.15) is 23.8 Å². The summed E-state index contributed by atoms with van der Waals surface area (Å²) in [5, 5.41) is 5.33. The van der Waals surface area contributed by atoms with Crippen molar-refractivity contribution >= 4 is 16.8 Å². The third-order valence-electron chi connectivity index (χ3n) is 3.67. The minimum Gasteiger partial charge on any atom is -0.337 e. The summed E-state index contributed by atoms with van der Waals surface area (Å²) in [5.74, 6) is 0.667. The molecule has 0 unspecified atom stereocenters. The predicted octanol–water partition coefficient (Wildman–Crippen LogP) is 2.06. The summed E-state index contributed by atoms with van der Waals surface area (Å²) in [7, 11) is 1.88. The van der Waals surface area contributed by atoms with Gasteiger partial charge in [0, 0.05) is 25.5 Å². The second-order valence-corrected chi connectivity index (χ2v) is 5.13. The molecule has 1 atom stereocenters. The summed E-state index contributed by atoms with van der Waals surface area (Å²) >= 11 is 0. The van der Waals surface area contributed by atoms with E-state index in [1.807, 2.05) is 36.2 Å². The van der Waals surface area contributed by atoms with Gasteiger partial charge in [-0.2, -0.15) is 5.10 Å². The second kappa shape index (κ2) is 4.12. The van der Waals surface area contributed by atoms with Crippen LogP contribution in [0.15, 0.2) is 24.3 Å². The lowest BCUT2D eigenvalue weighted by Gasteiger charge is -2.14. The van der Waals surface area contributed by atoms with Gasteiger partial charge in [-0.05, 0) is 18.4 Å². The minimum atomic E-state index is 0.0659. The molecule has 1 aliphatic heterocycles. The monoisotopic (exact) mass is 243 g/mol. The Kier molecular flexibility index (Phi) is 2.58. The van der Waals surface area contributed by atoms with Crippen LogP contribution in [-0.2, 0) is 7.05 Å². The standard InChI is InChI=1S/C14H17N3O/c1-10-7-8-17(9-10)14(18)13-11-5-3-4-6-12(11)16(2)15-13/h3-6,10H,7-9H2,1-2H3/t10-/m1/s1. The Hall–Kier alpha value is -1.84. The fourth-order valence-corrected chi connectivity index (χ4v) is 2.64. The van der Waals surface area contributed by atoms with Crippen LogP contribution in [0.2, 0.25) is 0 Å². The van der Waals surface area contributed by atoms with Gasteiger partial charge in [-0.25, -0.2) is 0 Å². The zero-order valence-electron chi connectivity index (χ0n) is 10.8. The van der Waals surface area contributed by atoms with E-state index in [9.17, 15) is 4.79 Å². The number of para-hydroxylation sites is 1. The molecule has 0 N–H and O–H groups in total. The van der Waals surface area contributed by atoms with Crippen molar-refractivity contribution in [1.82, 2.24) is 14.7 Å². The van der Waals surface area contributed by atoms with E-state index < -0.39 is 0 Å². The van der Waals surface area contributed by atoms with Gasteiger partial charge in [-0.1, -0.05) is 25.1 Å². The van der Waals surface area contributed by atoms with Crippen molar-refractivity contribution < 1.29 is 4.79 Å². The lowest BCUT2D eigenvalue weighted by molar-refractivity contribution is 0.0783. The largest absolute Gasteiger partial charge is 0.337 e. The Morgan fingerprint density at radius 3 is 2.89 bits per heavy atom. The molecule has 2 heterocycles. The number of aryl methyl sites for hydroxylation is 1. The van der Waals surface area contributed by atoms with E-state index in [-0.39, 0.29) is 5.91 Å². The zero-order valence-corrected chi connectivity index (χ0v) is 10.8. The summed E-state index contributed by atoms with van der Waals surface area (Å²) in [6.45, 7) is 3.89. The van der Waals surface area contributed by atoms with Gasteiger partial charge in [0.05, 0.1) is 5.52 Å². The molecule has 4 nitrogen and oxygen atoms in total. The van der Waals surface area contributed by atoms with Crippen molar-refractivity contribution in [1.29, 1.82) is 0 Å². The van der Waals surface area contributed by atoms with Gasteiger partial charge < -0.3 is 4.90 Å². The minimum absolute atomic E-state index is 0.0659. The van der Waals surface area contributed by atoms with Gasteiger partial charge in [0.1, 0.15) is 0 Å². The molecule has 94 valence electrons. The maximum absolute atomic E-state index is 12.5. The van der Waals surface area contributed by atoms with E-state index >= 15 is 0 Å². The first-order valence-corrected chi connectivity index (χ1v) is 6.38. The number of amides is 1. The van der Waals surface area contributed by atoms with Crippen molar-refractivity contribution in [2.24, 2.45) is 13.0 Å². The number of aromatic nitrogens is 2. The van der Waals surface area contributed by atoms with Gasteiger partial charge in [0.15, 0.2) is 5.69 Å². The molecule has 1 fully saturated rings. The number of hydrogen-bond donors (Lipinski definition) is 0. The molecule has 18 heavy (non-hydrogen) atoms. The molecule has 1 amide bonds. The van der Waals surface area contributed by atoms with Crippen molar-refractivity contribution in [2.75, 3.05) is 13.1 Å². The molecule has 0 bridgehead atoms. The average molecular weight is 243 g/mol. The number of nitrogens with zero attached hydrogens (tertiary/aromatic N) is 3. The number of likely N-dealkylation sites (tertiary alicyclic amines) is 1. The highest BCUT2D eigenvalue weighted by Crippen LogP contribution is 2.22. The van der Waals surface area contributed by atoms with Crippen LogP contribution in [0, 0.1) is 5.92 Å². The van der Waals surface area contributed by atoms with Crippen LogP contribution in [-0.4, -0.2) is 33.7 Å². The topological polar surface area (TPSA) is 38.1 Å². The summed E-state index contributed by atoms with van der Waals surface area (Å²) < 4.78 is 1.78. The van der Waals surface area contributed by atoms with Crippen LogP contribution < -0.4 is 0 Å². The van der Waals surface area contributed by atoms with Crippen molar-refractivity contribution in [3.63, 3.8) is 0 Å². The van der Waals surface area contributed by atoms with E-state index in [1.165, 1.54) is 0 Å². The highest BCUT2D eigenvalue weighted by atomic mass is 16.2. The summed E-state index contributed by atoms with van der Waals surface area (Å²) in [6.07, 6.45) is 1.09. The van der Waals surface area contributed by atoms with Crippen LogP contribution in [0.25, 0.3) is 10.9 Å². The zero-order chi connectivity index (χ0) is 12.7. The Balaban J connectivity index is 2.02. The molecule has 3 rings (SSSR count). The fourth-order valence-electron chi connectivity index (χ4n) is 2.64. The Labute approximate surface area is 106 Å². The molecule has 0 aliphatic carbocycles. The third-order valence-corrected chi connectivity index (χ3v) is 3.67. The van der Waals surface area contributed by atoms with Gasteiger partial charge in [0.25, 0.3) is 5.91 Å². The van der Waals surface area contributed by atoms with Crippen molar-refractivity contribution in [3.05, 3.63) is 30.0 Å². The molecule has 4 heteroatoms. The highest BCUT2D eigenvalue weighted by Gasteiger charge is 2.27. The predicted molar refractivity (Wildman–Crippen MR) is 70.4 cm³/mol. The molecule has 0 saturated carbocycles. The normalized spacial score (nSPS) is 19.7. The van der Waals surface area contributed by atoms with E-state index in [1.54, 1.807) is 4.68 Å². The van der Waals surface area contributed by atoms with Crippen molar-refractivity contribution in [2.45, 2.75) is 13.3 Å². The molecule has 0 radical (unpaired) electrons. The SMILES string of the molecule is C[C@@H]1CCN(C(=O)c2nn(C)c3ccccc23)C1. The maximum Gasteiger partial charge on any atom is 0.275 e. The van der Waals surface area contributed by atoms with Crippen LogP contribution in [0.3, 0.4) is 0 Å². The average Bonchev–Trinajstić information content (AvgIpc) is 2.94. The van der Waals surface area contributed by atoms with Gasteiger partial charge in [0.2, 0.25) is 0 Å². The molecule has 1 aromatic carbocycles. The molecule has 1 aliphatic rings. The Morgan fingerprint density at radius 1 is 1.39 bits per heavy atom. The quantitative estimate of drug-likeness (QED) is 0.769. The fraction of sp³-hybridized carbons (Fsp3) is 0.429. The summed E-state index contributed by atoms with van der Waals surface area (Å²) in [6, 6.07) is 7.88. The smallest absolute Gasteiger partial charge is 0.275 e. The molecular formula is C14H17N3O. The number of fused-ring (bicyclic) bond motifs is 1. The van der Waals surface area contributed by atoms with Gasteiger partial charge in [-0.15, -0.1) is 0 Å². The second-order valence-electron chi connectivity index (χ2n) is 5.13. The lowest BCUT2D eigenvalue weighted by atomic mass is 10.2. The summed E-state index contributed by atoms with van der Waals surface area (Å²) in [4.78, 5) is 14.4. The molecule has 0 spiro atoms. The molecule has 2 aromatic rings. The molecule has 1 aromatic heterocycles. The Bertz CT molecular complexity index is 602. The summed E-state index contributed by atoms with van der Waals surface area (Å²) in [5.41, 5.74) is 1.59. The number of carbonyl (C=O) groups is 1. The van der Waals surface area contributed by atoms with Crippen LogP contribution >= 0.6 is 0 Å². The van der Waals surface area contributed by atoms with E-state index in [0.717, 1.165) is 30.4 Å². The Morgan fingerprint density at radius 2 is 2.17 bits per heavy atom. The first-order chi connectivity index (χ1) is 8.66. The van der Waals surface area contributed by atoms with Gasteiger partial charge in [-0.3, -0.25) is 9.48 Å².